The number of carboxylic acid groups (broad SMARTS) is 1. The van der Waals surface area contributed by atoms with Gasteiger partial charge in [0.15, 0.2) is 0 Å². The van der Waals surface area contributed by atoms with E-state index in [1.165, 1.54) is 28.9 Å². The van der Waals surface area contributed by atoms with E-state index in [-0.39, 0.29) is 17.1 Å². The lowest BCUT2D eigenvalue weighted by Crippen LogP contribution is -1.99. The number of hydrogen-bond donors (Lipinski definition) is 1. The van der Waals surface area contributed by atoms with E-state index in [0.717, 1.165) is 0 Å². The molecule has 1 N–H and O–H groups in total. The molecule has 0 spiro atoms. The van der Waals surface area contributed by atoms with Gasteiger partial charge in [-0.15, -0.1) is 0 Å². The van der Waals surface area contributed by atoms with Crippen LogP contribution in [0.1, 0.15) is 23.0 Å². The van der Waals surface area contributed by atoms with Crippen LogP contribution in [0.3, 0.4) is 0 Å². The standard InChI is InChI=1S/C13H13N3O5/c1-3-10-11(16(19)20)12(15(2)14-10)21-9-6-4-8(5-7-9)13(17)18/h4-7H,3H2,1-2H3,(H,17,18). The lowest BCUT2D eigenvalue weighted by molar-refractivity contribution is -0.386. The third kappa shape index (κ3) is 2.83. The highest BCUT2D eigenvalue weighted by Gasteiger charge is 2.27. The first-order valence-corrected chi connectivity index (χ1v) is 6.15. The fraction of sp³-hybridized carbons (Fsp3) is 0.231. The number of rotatable bonds is 5. The monoisotopic (exact) mass is 291 g/mol. The molecule has 1 aromatic heterocycles. The summed E-state index contributed by atoms with van der Waals surface area (Å²) >= 11 is 0. The average Bonchev–Trinajstić information content (AvgIpc) is 2.76. The van der Waals surface area contributed by atoms with Crippen molar-refractivity contribution in [1.82, 2.24) is 9.78 Å². The van der Waals surface area contributed by atoms with Gasteiger partial charge in [-0.1, -0.05) is 6.92 Å². The maximum absolute atomic E-state index is 11.1. The van der Waals surface area contributed by atoms with E-state index in [0.29, 0.717) is 17.9 Å². The Morgan fingerprint density at radius 1 is 1.43 bits per heavy atom. The summed E-state index contributed by atoms with van der Waals surface area (Å²) in [4.78, 5) is 21.4. The van der Waals surface area contributed by atoms with Crippen LogP contribution in [-0.2, 0) is 13.5 Å². The van der Waals surface area contributed by atoms with Crippen LogP contribution < -0.4 is 4.74 Å². The molecule has 110 valence electrons. The minimum Gasteiger partial charge on any atom is -0.478 e. The van der Waals surface area contributed by atoms with Gasteiger partial charge in [0, 0.05) is 7.05 Å². The van der Waals surface area contributed by atoms with E-state index < -0.39 is 10.9 Å². The highest BCUT2D eigenvalue weighted by molar-refractivity contribution is 5.87. The Bertz CT molecular complexity index is 691. The van der Waals surface area contributed by atoms with Gasteiger partial charge in [-0.2, -0.15) is 5.10 Å². The van der Waals surface area contributed by atoms with Crippen LogP contribution in [0.4, 0.5) is 5.69 Å². The van der Waals surface area contributed by atoms with Crippen molar-refractivity contribution in [3.63, 3.8) is 0 Å². The summed E-state index contributed by atoms with van der Waals surface area (Å²) < 4.78 is 6.78. The number of nitrogens with zero attached hydrogens (tertiary/aromatic N) is 3. The normalized spacial score (nSPS) is 10.4. The van der Waals surface area contributed by atoms with Gasteiger partial charge in [-0.3, -0.25) is 10.1 Å². The number of benzene rings is 1. The van der Waals surface area contributed by atoms with Gasteiger partial charge in [0.25, 0.3) is 5.88 Å². The maximum atomic E-state index is 11.1. The number of aromatic carboxylic acids is 1. The molecule has 0 aliphatic carbocycles. The Kier molecular flexibility index (Phi) is 3.88. The molecule has 0 fully saturated rings. The summed E-state index contributed by atoms with van der Waals surface area (Å²) in [6, 6.07) is 5.60. The lowest BCUT2D eigenvalue weighted by Gasteiger charge is -2.05. The van der Waals surface area contributed by atoms with Crippen molar-refractivity contribution in [3.05, 3.63) is 45.6 Å². The molecule has 0 saturated heterocycles. The summed E-state index contributed by atoms with van der Waals surface area (Å²) in [5.41, 5.74) is 0.262. The molecule has 8 heteroatoms. The third-order valence-corrected chi connectivity index (χ3v) is 2.87. The molecule has 8 nitrogen and oxygen atoms in total. The van der Waals surface area contributed by atoms with Crippen LogP contribution in [0.2, 0.25) is 0 Å². The molecule has 0 atom stereocenters. The second-order valence-electron chi connectivity index (χ2n) is 4.27. The number of aryl methyl sites for hydroxylation is 2. The first-order valence-electron chi connectivity index (χ1n) is 6.15. The predicted molar refractivity (Wildman–Crippen MR) is 72.7 cm³/mol. The second kappa shape index (κ2) is 5.61. The predicted octanol–water partition coefficient (Wildman–Crippen LogP) is 2.38. The maximum Gasteiger partial charge on any atom is 0.353 e. The number of hydrogen-bond acceptors (Lipinski definition) is 5. The molecule has 2 rings (SSSR count). The zero-order valence-electron chi connectivity index (χ0n) is 11.4. The van der Waals surface area contributed by atoms with Crippen molar-refractivity contribution in [2.75, 3.05) is 0 Å². The fourth-order valence-corrected chi connectivity index (χ4v) is 1.86. The Balaban J connectivity index is 2.37. The minimum absolute atomic E-state index is 0.0138. The molecule has 0 bridgehead atoms. The topological polar surface area (TPSA) is 107 Å². The summed E-state index contributed by atoms with van der Waals surface area (Å²) in [7, 11) is 1.55. The number of carboxylic acids is 1. The first kappa shape index (κ1) is 14.5. The molecule has 0 unspecified atom stereocenters. The van der Waals surface area contributed by atoms with Crippen LogP contribution >= 0.6 is 0 Å². The number of aromatic nitrogens is 2. The van der Waals surface area contributed by atoms with Gasteiger partial charge in [0.2, 0.25) is 0 Å². The van der Waals surface area contributed by atoms with Gasteiger partial charge in [-0.25, -0.2) is 9.48 Å². The number of ether oxygens (including phenoxy) is 1. The molecule has 0 aliphatic heterocycles. The molecule has 0 saturated carbocycles. The zero-order valence-corrected chi connectivity index (χ0v) is 11.4. The summed E-state index contributed by atoms with van der Waals surface area (Å²) in [5, 5.41) is 24.0. The highest BCUT2D eigenvalue weighted by atomic mass is 16.6. The molecule has 2 aromatic rings. The van der Waals surface area contributed by atoms with E-state index in [4.69, 9.17) is 9.84 Å². The van der Waals surface area contributed by atoms with E-state index >= 15 is 0 Å². The lowest BCUT2D eigenvalue weighted by atomic mass is 10.2. The Labute approximate surface area is 119 Å². The highest BCUT2D eigenvalue weighted by Crippen LogP contribution is 2.34. The van der Waals surface area contributed by atoms with Crippen molar-refractivity contribution in [2.45, 2.75) is 13.3 Å². The second-order valence-corrected chi connectivity index (χ2v) is 4.27. The molecule has 1 aromatic carbocycles. The quantitative estimate of drug-likeness (QED) is 0.669. The molecule has 0 amide bonds. The van der Waals surface area contributed by atoms with Crippen molar-refractivity contribution < 1.29 is 19.6 Å². The van der Waals surface area contributed by atoms with Gasteiger partial charge in [0.1, 0.15) is 11.4 Å². The Hall–Kier alpha value is -2.90. The van der Waals surface area contributed by atoms with Crippen LogP contribution in [0.5, 0.6) is 11.6 Å². The smallest absolute Gasteiger partial charge is 0.353 e. The van der Waals surface area contributed by atoms with Crippen LogP contribution in [0.25, 0.3) is 0 Å². The molecule has 1 heterocycles. The molecule has 21 heavy (non-hydrogen) atoms. The van der Waals surface area contributed by atoms with E-state index in [2.05, 4.69) is 5.10 Å². The van der Waals surface area contributed by atoms with Crippen molar-refractivity contribution >= 4 is 11.7 Å². The molecule has 0 aliphatic rings. The summed E-state index contributed by atoms with van der Waals surface area (Å²) in [6.07, 6.45) is 0.408. The van der Waals surface area contributed by atoms with Crippen LogP contribution in [0, 0.1) is 10.1 Å². The van der Waals surface area contributed by atoms with E-state index in [1.807, 2.05) is 0 Å². The fourth-order valence-electron chi connectivity index (χ4n) is 1.86. The summed E-state index contributed by atoms with van der Waals surface area (Å²) in [5.74, 6) is -0.741. The van der Waals surface area contributed by atoms with Gasteiger partial charge in [0.05, 0.1) is 10.5 Å². The zero-order chi connectivity index (χ0) is 15.6. The van der Waals surface area contributed by atoms with Crippen molar-refractivity contribution in [2.24, 2.45) is 7.05 Å². The largest absolute Gasteiger partial charge is 0.478 e. The van der Waals surface area contributed by atoms with Gasteiger partial charge >= 0.3 is 11.7 Å². The van der Waals surface area contributed by atoms with Crippen LogP contribution in [-0.4, -0.2) is 25.8 Å². The SMILES string of the molecule is CCc1nn(C)c(Oc2ccc(C(=O)O)cc2)c1[N+](=O)[O-]. The van der Waals surface area contributed by atoms with Crippen molar-refractivity contribution in [1.29, 1.82) is 0 Å². The Morgan fingerprint density at radius 2 is 2.05 bits per heavy atom. The van der Waals surface area contributed by atoms with E-state index in [9.17, 15) is 14.9 Å². The Morgan fingerprint density at radius 3 is 2.52 bits per heavy atom. The number of carbonyl (C=O) groups is 1. The molecular weight excluding hydrogens is 278 g/mol. The minimum atomic E-state index is -1.05. The number of nitro groups is 1. The first-order chi connectivity index (χ1) is 9.93. The van der Waals surface area contributed by atoms with Gasteiger partial charge < -0.3 is 9.84 Å². The van der Waals surface area contributed by atoms with Crippen LogP contribution in [0.15, 0.2) is 24.3 Å². The summed E-state index contributed by atoms with van der Waals surface area (Å²) in [6.45, 7) is 1.76. The van der Waals surface area contributed by atoms with Crippen molar-refractivity contribution in [3.8, 4) is 11.6 Å². The third-order valence-electron chi connectivity index (χ3n) is 2.87. The average molecular weight is 291 g/mol. The van der Waals surface area contributed by atoms with Gasteiger partial charge in [-0.05, 0) is 30.7 Å². The molecular formula is C13H13N3O5. The van der Waals surface area contributed by atoms with E-state index in [1.54, 1.807) is 14.0 Å². The molecule has 0 radical (unpaired) electrons.